The van der Waals surface area contributed by atoms with Gasteiger partial charge in [-0.05, 0) is 12.1 Å². The molecule has 2 atom stereocenters. The highest BCUT2D eigenvalue weighted by molar-refractivity contribution is 5.93. The summed E-state index contributed by atoms with van der Waals surface area (Å²) < 4.78 is 10.8. The van der Waals surface area contributed by atoms with Crippen LogP contribution in [0, 0.1) is 0 Å². The van der Waals surface area contributed by atoms with Crippen LogP contribution in [-0.2, 0) is 4.79 Å². The lowest BCUT2D eigenvalue weighted by Crippen LogP contribution is -2.31. The van der Waals surface area contributed by atoms with Crippen LogP contribution < -0.4 is 20.9 Å². The number of rotatable bonds is 8. The molecule has 128 valence electrons. The Morgan fingerprint density at radius 3 is 1.54 bits per heavy atom. The Balaban J connectivity index is 2.42. The van der Waals surface area contributed by atoms with E-state index >= 15 is 0 Å². The molecule has 0 radical (unpaired) electrons. The molecule has 24 heavy (non-hydrogen) atoms. The second-order valence-corrected chi connectivity index (χ2v) is 5.46. The Kier molecular flexibility index (Phi) is 6.35. The maximum absolute atomic E-state index is 13.2. The maximum Gasteiger partial charge on any atom is 0.150 e. The number of methoxy groups -OCH3 is 2. The van der Waals surface area contributed by atoms with Crippen molar-refractivity contribution in [3.63, 3.8) is 0 Å². The average Bonchev–Trinajstić information content (AvgIpc) is 2.64. The van der Waals surface area contributed by atoms with E-state index in [2.05, 4.69) is 0 Å². The minimum absolute atomic E-state index is 0.0333. The third kappa shape index (κ3) is 3.58. The maximum atomic E-state index is 13.2. The van der Waals surface area contributed by atoms with Gasteiger partial charge in [0.15, 0.2) is 5.78 Å². The van der Waals surface area contributed by atoms with Crippen LogP contribution >= 0.6 is 0 Å². The summed E-state index contributed by atoms with van der Waals surface area (Å²) in [7, 11) is 3.16. The Morgan fingerprint density at radius 1 is 0.833 bits per heavy atom. The number of nitrogens with two attached hydrogens (primary N) is 2. The summed E-state index contributed by atoms with van der Waals surface area (Å²) >= 11 is 0. The van der Waals surface area contributed by atoms with Crippen LogP contribution in [0.2, 0.25) is 0 Å². The molecule has 0 aliphatic carbocycles. The second kappa shape index (κ2) is 8.47. The minimum Gasteiger partial charge on any atom is -0.496 e. The van der Waals surface area contributed by atoms with E-state index in [1.807, 2.05) is 48.5 Å². The van der Waals surface area contributed by atoms with Crippen LogP contribution in [0.1, 0.15) is 23.0 Å². The number of hydrogen-bond donors (Lipinski definition) is 2. The van der Waals surface area contributed by atoms with Gasteiger partial charge >= 0.3 is 0 Å². The quantitative estimate of drug-likeness (QED) is 0.774. The largest absolute Gasteiger partial charge is 0.496 e. The van der Waals surface area contributed by atoms with Gasteiger partial charge in [0.2, 0.25) is 0 Å². The van der Waals surface area contributed by atoms with Crippen LogP contribution in [0.3, 0.4) is 0 Å². The molecule has 0 saturated heterocycles. The van der Waals surface area contributed by atoms with Crippen LogP contribution in [0.25, 0.3) is 0 Å². The number of para-hydroxylation sites is 2. The Bertz CT molecular complexity index is 630. The zero-order valence-electron chi connectivity index (χ0n) is 14.1. The van der Waals surface area contributed by atoms with E-state index in [1.165, 1.54) is 0 Å². The van der Waals surface area contributed by atoms with Gasteiger partial charge in [-0.2, -0.15) is 0 Å². The van der Waals surface area contributed by atoms with Gasteiger partial charge in [-0.15, -0.1) is 0 Å². The lowest BCUT2D eigenvalue weighted by atomic mass is 9.83. The molecule has 2 rings (SSSR count). The molecule has 4 N–H and O–H groups in total. The standard InChI is InChI=1S/C19H24N2O3/c1-23-17-9-5-3-7-13(17)15(11-20)19(22)16(12-21)14-8-4-6-10-18(14)24-2/h3-10,15-16H,11-12,20-21H2,1-2H3. The first-order chi connectivity index (χ1) is 11.7. The van der Waals surface area contributed by atoms with Crippen LogP contribution in [-0.4, -0.2) is 33.1 Å². The molecular formula is C19H24N2O3. The second-order valence-electron chi connectivity index (χ2n) is 5.46. The lowest BCUT2D eigenvalue weighted by molar-refractivity contribution is -0.121. The molecule has 5 nitrogen and oxygen atoms in total. The van der Waals surface area contributed by atoms with Crippen molar-refractivity contribution >= 4 is 5.78 Å². The highest BCUT2D eigenvalue weighted by Crippen LogP contribution is 2.34. The number of ether oxygens (including phenoxy) is 2. The molecule has 0 bridgehead atoms. The number of benzene rings is 2. The monoisotopic (exact) mass is 328 g/mol. The summed E-state index contributed by atoms with van der Waals surface area (Å²) in [6, 6.07) is 14.8. The van der Waals surface area contributed by atoms with Crippen molar-refractivity contribution < 1.29 is 14.3 Å². The predicted octanol–water partition coefficient (Wildman–Crippen LogP) is 2.06. The molecule has 2 aromatic carbocycles. The molecule has 0 spiro atoms. The Morgan fingerprint density at radius 2 is 1.21 bits per heavy atom. The van der Waals surface area contributed by atoms with E-state index in [0.717, 1.165) is 11.1 Å². The number of carbonyl (C=O) groups excluding carboxylic acids is 1. The van der Waals surface area contributed by atoms with Gasteiger partial charge in [0, 0.05) is 24.2 Å². The van der Waals surface area contributed by atoms with Crippen molar-refractivity contribution in [2.75, 3.05) is 27.3 Å². The minimum atomic E-state index is -0.486. The van der Waals surface area contributed by atoms with Gasteiger partial charge < -0.3 is 20.9 Å². The summed E-state index contributed by atoms with van der Waals surface area (Å²) in [4.78, 5) is 13.2. The van der Waals surface area contributed by atoms with Crippen molar-refractivity contribution in [3.05, 3.63) is 59.7 Å². The SMILES string of the molecule is COc1ccccc1C(CN)C(=O)C(CN)c1ccccc1OC. The number of ketones is 1. The van der Waals surface area contributed by atoms with Gasteiger partial charge in [0.05, 0.1) is 26.1 Å². The van der Waals surface area contributed by atoms with Crippen molar-refractivity contribution in [1.29, 1.82) is 0 Å². The normalized spacial score (nSPS) is 13.2. The van der Waals surface area contributed by atoms with Crippen molar-refractivity contribution in [2.24, 2.45) is 11.5 Å². The molecule has 5 heteroatoms. The predicted molar refractivity (Wildman–Crippen MR) is 94.6 cm³/mol. The Labute approximate surface area is 142 Å². The third-order valence-electron chi connectivity index (χ3n) is 4.19. The lowest BCUT2D eigenvalue weighted by Gasteiger charge is -2.23. The highest BCUT2D eigenvalue weighted by atomic mass is 16.5. The van der Waals surface area contributed by atoms with Gasteiger partial charge in [-0.3, -0.25) is 4.79 Å². The zero-order chi connectivity index (χ0) is 17.5. The summed E-state index contributed by atoms with van der Waals surface area (Å²) in [6.07, 6.45) is 0. The highest BCUT2D eigenvalue weighted by Gasteiger charge is 2.30. The first-order valence-electron chi connectivity index (χ1n) is 7.87. The molecule has 0 fully saturated rings. The van der Waals surface area contributed by atoms with Crippen molar-refractivity contribution in [2.45, 2.75) is 11.8 Å². The molecule has 0 amide bonds. The number of carbonyl (C=O) groups is 1. The van der Waals surface area contributed by atoms with Gasteiger partial charge in [0.1, 0.15) is 11.5 Å². The first-order valence-corrected chi connectivity index (χ1v) is 7.87. The average molecular weight is 328 g/mol. The van der Waals surface area contributed by atoms with E-state index in [-0.39, 0.29) is 18.9 Å². The molecule has 2 aromatic rings. The van der Waals surface area contributed by atoms with Gasteiger partial charge in [0.25, 0.3) is 0 Å². The van der Waals surface area contributed by atoms with E-state index in [1.54, 1.807) is 14.2 Å². The van der Waals surface area contributed by atoms with Crippen LogP contribution in [0.15, 0.2) is 48.5 Å². The van der Waals surface area contributed by atoms with Crippen LogP contribution in [0.5, 0.6) is 11.5 Å². The molecule has 2 unspecified atom stereocenters. The number of Topliss-reactive ketones (excluding diaryl/α,β-unsaturated/α-hetero) is 1. The fourth-order valence-corrected chi connectivity index (χ4v) is 2.94. The van der Waals surface area contributed by atoms with Gasteiger partial charge in [-0.25, -0.2) is 0 Å². The van der Waals surface area contributed by atoms with E-state index in [0.29, 0.717) is 11.5 Å². The van der Waals surface area contributed by atoms with Crippen molar-refractivity contribution in [3.8, 4) is 11.5 Å². The Hall–Kier alpha value is -2.37. The molecule has 0 aromatic heterocycles. The molecular weight excluding hydrogens is 304 g/mol. The van der Waals surface area contributed by atoms with Gasteiger partial charge in [-0.1, -0.05) is 36.4 Å². The van der Waals surface area contributed by atoms with Crippen molar-refractivity contribution in [1.82, 2.24) is 0 Å². The van der Waals surface area contributed by atoms with Crippen LogP contribution in [0.4, 0.5) is 0 Å². The molecule has 0 heterocycles. The zero-order valence-corrected chi connectivity index (χ0v) is 14.1. The molecule has 0 aliphatic rings. The fraction of sp³-hybridized carbons (Fsp3) is 0.316. The summed E-state index contributed by atoms with van der Waals surface area (Å²) in [5.41, 5.74) is 13.4. The topological polar surface area (TPSA) is 87.6 Å². The third-order valence-corrected chi connectivity index (χ3v) is 4.19. The number of hydrogen-bond acceptors (Lipinski definition) is 5. The van der Waals surface area contributed by atoms with E-state index in [9.17, 15) is 4.79 Å². The smallest absolute Gasteiger partial charge is 0.150 e. The fourth-order valence-electron chi connectivity index (χ4n) is 2.94. The summed E-state index contributed by atoms with van der Waals surface area (Å²) in [5, 5.41) is 0. The molecule has 0 saturated carbocycles. The first kappa shape index (κ1) is 18.0. The van der Waals surface area contributed by atoms with E-state index < -0.39 is 11.8 Å². The summed E-state index contributed by atoms with van der Waals surface area (Å²) in [6.45, 7) is 0.371. The summed E-state index contributed by atoms with van der Waals surface area (Å²) in [5.74, 6) is 0.294. The van der Waals surface area contributed by atoms with E-state index in [4.69, 9.17) is 20.9 Å². The molecule has 0 aliphatic heterocycles.